The molecule has 164 valence electrons. The first-order chi connectivity index (χ1) is 15.2. The molecule has 0 aliphatic carbocycles. The zero-order valence-corrected chi connectivity index (χ0v) is 17.9. The highest BCUT2D eigenvalue weighted by molar-refractivity contribution is 7.14. The van der Waals surface area contributed by atoms with Gasteiger partial charge in [-0.1, -0.05) is 12.1 Å². The van der Waals surface area contributed by atoms with Crippen LogP contribution in [-0.4, -0.2) is 22.7 Å². The Labute approximate surface area is 186 Å². The first-order valence-electron chi connectivity index (χ1n) is 9.31. The molecule has 0 aliphatic heterocycles. The molecule has 10 heteroatoms. The van der Waals surface area contributed by atoms with E-state index in [-0.39, 0.29) is 22.2 Å². The minimum absolute atomic E-state index is 0.0547. The van der Waals surface area contributed by atoms with Crippen molar-refractivity contribution in [2.75, 3.05) is 15.5 Å². The lowest BCUT2D eigenvalue weighted by molar-refractivity contribution is -0.116. The maximum Gasteiger partial charge on any atom is 0.248 e. The van der Waals surface area contributed by atoms with Gasteiger partial charge in [-0.2, -0.15) is 0 Å². The number of rotatable bonds is 6. The molecule has 0 atom stereocenters. The maximum atomic E-state index is 14.1. The Morgan fingerprint density at radius 2 is 1.78 bits per heavy atom. The average Bonchev–Trinajstić information content (AvgIpc) is 3.18. The smallest absolute Gasteiger partial charge is 0.248 e. The summed E-state index contributed by atoms with van der Waals surface area (Å²) in [6, 6.07) is 9.62. The first-order valence-corrected chi connectivity index (χ1v) is 10.2. The highest BCUT2D eigenvalue weighted by Crippen LogP contribution is 2.31. The quantitative estimate of drug-likeness (QED) is 0.526. The van der Waals surface area contributed by atoms with Gasteiger partial charge in [0.15, 0.2) is 5.13 Å². The molecule has 0 saturated carbocycles. The van der Waals surface area contributed by atoms with E-state index in [2.05, 4.69) is 15.6 Å². The van der Waals surface area contributed by atoms with Crippen molar-refractivity contribution in [3.8, 4) is 0 Å². The van der Waals surface area contributed by atoms with Crippen LogP contribution in [0.2, 0.25) is 0 Å². The van der Waals surface area contributed by atoms with Gasteiger partial charge < -0.3 is 10.6 Å². The van der Waals surface area contributed by atoms with Crippen molar-refractivity contribution in [3.63, 3.8) is 0 Å². The van der Waals surface area contributed by atoms with Crippen LogP contribution in [0.5, 0.6) is 0 Å². The largest absolute Gasteiger partial charge is 0.324 e. The Balaban J connectivity index is 1.73. The van der Waals surface area contributed by atoms with Gasteiger partial charge in [-0.15, -0.1) is 11.3 Å². The molecule has 1 heterocycles. The number of thiazole rings is 1. The summed E-state index contributed by atoms with van der Waals surface area (Å²) in [5.74, 6) is -2.57. The molecule has 0 spiro atoms. The van der Waals surface area contributed by atoms with Crippen LogP contribution in [0.1, 0.15) is 19.5 Å². The summed E-state index contributed by atoms with van der Waals surface area (Å²) in [4.78, 5) is 40.9. The third kappa shape index (κ3) is 5.61. The van der Waals surface area contributed by atoms with Crippen molar-refractivity contribution >= 4 is 57.3 Å². The number of para-hydroxylation sites is 1. The molecule has 0 fully saturated rings. The zero-order valence-electron chi connectivity index (χ0n) is 17.1. The molecule has 2 N–H and O–H groups in total. The Morgan fingerprint density at radius 3 is 2.47 bits per heavy atom. The third-order valence-corrected chi connectivity index (χ3v) is 4.90. The number of hydrogen-bond donors (Lipinski definition) is 2. The number of aromatic nitrogens is 1. The van der Waals surface area contributed by atoms with Gasteiger partial charge in [0.25, 0.3) is 0 Å². The predicted octanol–water partition coefficient (Wildman–Crippen LogP) is 4.72. The number of carbonyl (C=O) groups is 3. The fraction of sp³-hybridized carbons (Fsp3) is 0.0909. The highest BCUT2D eigenvalue weighted by Gasteiger charge is 2.20. The van der Waals surface area contributed by atoms with E-state index in [4.69, 9.17) is 0 Å². The van der Waals surface area contributed by atoms with Gasteiger partial charge in [0.2, 0.25) is 17.7 Å². The molecule has 3 aromatic rings. The van der Waals surface area contributed by atoms with Crippen molar-refractivity contribution in [3.05, 3.63) is 71.2 Å². The van der Waals surface area contributed by atoms with E-state index in [1.54, 1.807) is 11.4 Å². The molecule has 7 nitrogen and oxygen atoms in total. The topological polar surface area (TPSA) is 91.4 Å². The Bertz CT molecular complexity index is 1210. The molecule has 0 bridgehead atoms. The van der Waals surface area contributed by atoms with Crippen LogP contribution in [0.4, 0.5) is 31.0 Å². The van der Waals surface area contributed by atoms with Crippen LogP contribution < -0.4 is 15.5 Å². The van der Waals surface area contributed by atoms with E-state index in [9.17, 15) is 23.2 Å². The van der Waals surface area contributed by atoms with Crippen molar-refractivity contribution < 1.29 is 23.2 Å². The first kappa shape index (κ1) is 22.8. The minimum atomic E-state index is -0.631. The molecule has 0 radical (unpaired) electrons. The van der Waals surface area contributed by atoms with Crippen LogP contribution in [0.15, 0.2) is 53.9 Å². The summed E-state index contributed by atoms with van der Waals surface area (Å²) in [5.41, 5.74) is 0.696. The number of hydrogen-bond acceptors (Lipinski definition) is 5. The second kappa shape index (κ2) is 9.92. The van der Waals surface area contributed by atoms with E-state index in [0.717, 1.165) is 22.3 Å². The van der Waals surface area contributed by atoms with Crippen LogP contribution in [-0.2, 0) is 14.4 Å². The number of benzene rings is 2. The fourth-order valence-corrected chi connectivity index (χ4v) is 3.58. The summed E-state index contributed by atoms with van der Waals surface area (Å²) < 4.78 is 27.9. The Morgan fingerprint density at radius 1 is 1.03 bits per heavy atom. The third-order valence-electron chi connectivity index (χ3n) is 4.06. The van der Waals surface area contributed by atoms with Gasteiger partial charge in [0.05, 0.1) is 17.1 Å². The molecule has 3 rings (SSSR count). The van der Waals surface area contributed by atoms with Gasteiger partial charge in [0.1, 0.15) is 11.6 Å². The van der Waals surface area contributed by atoms with Gasteiger partial charge in [-0.25, -0.2) is 13.8 Å². The molecule has 0 saturated heterocycles. The molecule has 0 unspecified atom stereocenters. The van der Waals surface area contributed by atoms with Gasteiger partial charge in [-0.3, -0.25) is 19.3 Å². The number of amides is 3. The predicted molar refractivity (Wildman–Crippen MR) is 120 cm³/mol. The average molecular weight is 456 g/mol. The SMILES string of the molecule is CC(=O)Nc1cc(NC(=O)/C=C/c2csc(N(C(C)=O)c3ccccc3F)n2)ccc1F. The zero-order chi connectivity index (χ0) is 23.3. The second-order valence-corrected chi connectivity index (χ2v) is 7.40. The molecule has 0 aliphatic rings. The fourth-order valence-electron chi connectivity index (χ4n) is 2.73. The number of carbonyl (C=O) groups excluding carboxylic acids is 3. The highest BCUT2D eigenvalue weighted by atomic mass is 32.1. The van der Waals surface area contributed by atoms with Crippen molar-refractivity contribution in [2.24, 2.45) is 0 Å². The number of nitrogens with one attached hydrogen (secondary N) is 2. The minimum Gasteiger partial charge on any atom is -0.324 e. The molecule has 3 amide bonds. The summed E-state index contributed by atoms with van der Waals surface area (Å²) in [6.07, 6.45) is 2.63. The standard InChI is InChI=1S/C22H18F2N4O3S/c1-13(29)25-19-11-15(7-9-17(19)23)26-21(31)10-8-16-12-32-22(27-16)28(14(2)30)20-6-4-3-5-18(20)24/h3-12H,1-2H3,(H,25,29)(H,26,31)/b10-8+. The van der Waals surface area contributed by atoms with E-state index < -0.39 is 29.4 Å². The van der Waals surface area contributed by atoms with E-state index in [1.807, 2.05) is 0 Å². The molecular weight excluding hydrogens is 438 g/mol. The van der Waals surface area contributed by atoms with Crippen LogP contribution >= 0.6 is 11.3 Å². The molecule has 1 aromatic heterocycles. The lowest BCUT2D eigenvalue weighted by Gasteiger charge is -2.18. The maximum absolute atomic E-state index is 14.1. The Kier molecular flexibility index (Phi) is 7.06. The number of halogens is 2. The van der Waals surface area contributed by atoms with E-state index in [0.29, 0.717) is 5.69 Å². The lowest BCUT2D eigenvalue weighted by atomic mass is 10.2. The number of nitrogens with zero attached hydrogens (tertiary/aromatic N) is 2. The summed E-state index contributed by atoms with van der Waals surface area (Å²) in [6.45, 7) is 2.55. The summed E-state index contributed by atoms with van der Waals surface area (Å²) in [5, 5.41) is 6.75. The van der Waals surface area contributed by atoms with Crippen LogP contribution in [0.25, 0.3) is 6.08 Å². The van der Waals surface area contributed by atoms with E-state index >= 15 is 0 Å². The monoisotopic (exact) mass is 456 g/mol. The molecular formula is C22H18F2N4O3S. The van der Waals surface area contributed by atoms with Gasteiger partial charge in [-0.05, 0) is 36.4 Å². The molecule has 32 heavy (non-hydrogen) atoms. The van der Waals surface area contributed by atoms with Crippen molar-refractivity contribution in [1.29, 1.82) is 0 Å². The number of anilines is 4. The summed E-state index contributed by atoms with van der Waals surface area (Å²) >= 11 is 1.12. The van der Waals surface area contributed by atoms with Crippen molar-refractivity contribution in [2.45, 2.75) is 13.8 Å². The second-order valence-electron chi connectivity index (χ2n) is 6.56. The normalized spacial score (nSPS) is 10.8. The van der Waals surface area contributed by atoms with Crippen LogP contribution in [0.3, 0.4) is 0 Å². The summed E-state index contributed by atoms with van der Waals surface area (Å²) in [7, 11) is 0. The Hall–Kier alpha value is -3.92. The van der Waals surface area contributed by atoms with Crippen molar-refractivity contribution in [1.82, 2.24) is 4.98 Å². The molecule has 2 aromatic carbocycles. The van der Waals surface area contributed by atoms with Gasteiger partial charge >= 0.3 is 0 Å². The van der Waals surface area contributed by atoms with Crippen LogP contribution in [0, 0.1) is 11.6 Å². The van der Waals surface area contributed by atoms with E-state index in [1.165, 1.54) is 56.3 Å². The van der Waals surface area contributed by atoms with Gasteiger partial charge in [0, 0.05) is 31.0 Å². The lowest BCUT2D eigenvalue weighted by Crippen LogP contribution is -2.23.